The van der Waals surface area contributed by atoms with E-state index < -0.39 is 5.41 Å². The summed E-state index contributed by atoms with van der Waals surface area (Å²) in [6.45, 7) is 10.2. The van der Waals surface area contributed by atoms with E-state index in [0.717, 1.165) is 43.2 Å². The highest BCUT2D eigenvalue weighted by atomic mass is 16.5. The van der Waals surface area contributed by atoms with E-state index in [1.165, 1.54) is 5.69 Å². The van der Waals surface area contributed by atoms with Crippen molar-refractivity contribution < 1.29 is 9.53 Å². The van der Waals surface area contributed by atoms with Crippen molar-refractivity contribution in [2.45, 2.75) is 33.9 Å². The Hall–Kier alpha value is -2.41. The van der Waals surface area contributed by atoms with E-state index in [1.54, 1.807) is 6.20 Å². The van der Waals surface area contributed by atoms with Gasteiger partial charge in [-0.15, -0.1) is 5.10 Å². The summed E-state index contributed by atoms with van der Waals surface area (Å²) in [5.41, 5.74) is 3.76. The van der Waals surface area contributed by atoms with Crippen molar-refractivity contribution in [3.8, 4) is 5.69 Å². The number of anilines is 1. The van der Waals surface area contributed by atoms with Gasteiger partial charge < -0.3 is 14.5 Å². The van der Waals surface area contributed by atoms with Crippen LogP contribution in [0.4, 0.5) is 5.69 Å². The summed E-state index contributed by atoms with van der Waals surface area (Å²) >= 11 is 0. The summed E-state index contributed by atoms with van der Waals surface area (Å²) in [6, 6.07) is 6.39. The molecule has 0 bridgehead atoms. The Morgan fingerprint density at radius 3 is 2.65 bits per heavy atom. The number of amides is 1. The lowest BCUT2D eigenvalue weighted by Crippen LogP contribution is -2.38. The van der Waals surface area contributed by atoms with Crippen molar-refractivity contribution in [3.05, 3.63) is 35.7 Å². The van der Waals surface area contributed by atoms with Gasteiger partial charge in [-0.3, -0.25) is 4.79 Å². The second kappa shape index (κ2) is 6.39. The molecule has 7 nitrogen and oxygen atoms in total. The quantitative estimate of drug-likeness (QED) is 0.783. The van der Waals surface area contributed by atoms with Crippen LogP contribution in [0.3, 0.4) is 0 Å². The van der Waals surface area contributed by atoms with Gasteiger partial charge in [-0.25, -0.2) is 4.68 Å². The minimum absolute atomic E-state index is 0.134. The Morgan fingerprint density at radius 1 is 1.15 bits per heavy atom. The van der Waals surface area contributed by atoms with E-state index in [-0.39, 0.29) is 5.91 Å². The van der Waals surface area contributed by atoms with Crippen LogP contribution >= 0.6 is 0 Å². The highest BCUT2D eigenvalue weighted by Gasteiger charge is 2.31. The summed E-state index contributed by atoms with van der Waals surface area (Å²) in [4.78, 5) is 17.2. The molecule has 0 aliphatic carbocycles. The fraction of sp³-hybridized carbons (Fsp3) is 0.526. The van der Waals surface area contributed by atoms with Crippen LogP contribution in [0.15, 0.2) is 24.4 Å². The lowest BCUT2D eigenvalue weighted by molar-refractivity contribution is -0.140. The minimum atomic E-state index is -0.426. The number of hydrogen-bond acceptors (Lipinski definition) is 5. The third-order valence-electron chi connectivity index (χ3n) is 4.93. The van der Waals surface area contributed by atoms with Crippen LogP contribution in [0, 0.1) is 5.41 Å². The second-order valence-corrected chi connectivity index (χ2v) is 7.96. The van der Waals surface area contributed by atoms with Gasteiger partial charge in [0.2, 0.25) is 5.91 Å². The second-order valence-electron chi connectivity index (χ2n) is 7.96. The molecule has 2 aromatic rings. The molecule has 0 unspecified atom stereocenters. The maximum atomic E-state index is 12.9. The van der Waals surface area contributed by atoms with E-state index in [1.807, 2.05) is 30.4 Å². The van der Waals surface area contributed by atoms with Gasteiger partial charge in [0.1, 0.15) is 0 Å². The fourth-order valence-corrected chi connectivity index (χ4v) is 3.57. The first kappa shape index (κ1) is 17.0. The Bertz CT molecular complexity index is 818. The van der Waals surface area contributed by atoms with Gasteiger partial charge in [0, 0.05) is 30.7 Å². The van der Waals surface area contributed by atoms with E-state index in [9.17, 15) is 4.79 Å². The SMILES string of the molecule is CC(C)(C)C(=O)N1Cc2cc(N3CCOCC3)ccc2-n2nncc2C1. The highest BCUT2D eigenvalue weighted by Crippen LogP contribution is 2.30. The molecule has 138 valence electrons. The van der Waals surface area contributed by atoms with Crippen molar-refractivity contribution in [2.75, 3.05) is 31.2 Å². The Labute approximate surface area is 153 Å². The van der Waals surface area contributed by atoms with Crippen LogP contribution in [0.5, 0.6) is 0 Å². The van der Waals surface area contributed by atoms with Gasteiger partial charge in [0.25, 0.3) is 0 Å². The molecule has 26 heavy (non-hydrogen) atoms. The van der Waals surface area contributed by atoms with Crippen LogP contribution < -0.4 is 4.90 Å². The molecule has 1 fully saturated rings. The zero-order chi connectivity index (χ0) is 18.3. The number of carbonyl (C=O) groups is 1. The van der Waals surface area contributed by atoms with Crippen molar-refractivity contribution in [3.63, 3.8) is 0 Å². The highest BCUT2D eigenvalue weighted by molar-refractivity contribution is 5.81. The molecular formula is C19H25N5O2. The monoisotopic (exact) mass is 355 g/mol. The van der Waals surface area contributed by atoms with E-state index in [2.05, 4.69) is 33.4 Å². The predicted octanol–water partition coefficient (Wildman–Crippen LogP) is 1.99. The number of aromatic nitrogens is 3. The molecule has 2 aliphatic rings. The maximum absolute atomic E-state index is 12.9. The van der Waals surface area contributed by atoms with E-state index in [0.29, 0.717) is 13.1 Å². The smallest absolute Gasteiger partial charge is 0.228 e. The number of hydrogen-bond donors (Lipinski definition) is 0. The van der Waals surface area contributed by atoms with Crippen LogP contribution in [0.25, 0.3) is 5.69 Å². The van der Waals surface area contributed by atoms with Crippen LogP contribution in [0.1, 0.15) is 32.0 Å². The summed E-state index contributed by atoms with van der Waals surface area (Å²) in [6.07, 6.45) is 1.74. The fourth-order valence-electron chi connectivity index (χ4n) is 3.57. The number of benzene rings is 1. The van der Waals surface area contributed by atoms with Gasteiger partial charge in [-0.05, 0) is 23.8 Å². The summed E-state index contributed by atoms with van der Waals surface area (Å²) in [5.74, 6) is 0.134. The number of nitrogens with zero attached hydrogens (tertiary/aromatic N) is 5. The van der Waals surface area contributed by atoms with Crippen molar-refractivity contribution in [1.29, 1.82) is 0 Å². The minimum Gasteiger partial charge on any atom is -0.378 e. The number of fused-ring (bicyclic) bond motifs is 3. The standard InChI is InChI=1S/C19H25N5O2/c1-19(2,3)18(25)23-12-14-10-15(22-6-8-26-9-7-22)4-5-17(14)24-16(13-23)11-20-21-24/h4-5,10-11H,6-9,12-13H2,1-3H3. The van der Waals surface area contributed by atoms with Crippen LogP contribution in [-0.2, 0) is 22.6 Å². The molecule has 1 aromatic heterocycles. The average Bonchev–Trinajstić information content (AvgIpc) is 3.02. The van der Waals surface area contributed by atoms with Crippen LogP contribution in [-0.4, -0.2) is 52.1 Å². The summed E-state index contributed by atoms with van der Waals surface area (Å²) in [7, 11) is 0. The molecule has 7 heteroatoms. The number of morpholine rings is 1. The molecule has 2 aliphatic heterocycles. The van der Waals surface area contributed by atoms with E-state index >= 15 is 0 Å². The molecule has 0 spiro atoms. The molecule has 0 atom stereocenters. The molecule has 1 amide bonds. The molecule has 0 saturated carbocycles. The first-order valence-corrected chi connectivity index (χ1v) is 9.08. The molecule has 1 aromatic carbocycles. The van der Waals surface area contributed by atoms with Crippen molar-refractivity contribution >= 4 is 11.6 Å². The Kier molecular flexibility index (Phi) is 4.19. The average molecular weight is 355 g/mol. The van der Waals surface area contributed by atoms with Crippen molar-refractivity contribution in [1.82, 2.24) is 19.9 Å². The predicted molar refractivity (Wildman–Crippen MR) is 98.1 cm³/mol. The number of carbonyl (C=O) groups excluding carboxylic acids is 1. The lowest BCUT2D eigenvalue weighted by Gasteiger charge is -2.30. The van der Waals surface area contributed by atoms with E-state index in [4.69, 9.17) is 4.74 Å². The summed E-state index contributed by atoms with van der Waals surface area (Å²) < 4.78 is 7.31. The van der Waals surface area contributed by atoms with Gasteiger partial charge in [0.05, 0.1) is 37.3 Å². The number of rotatable bonds is 1. The normalized spacial score (nSPS) is 17.5. The topological polar surface area (TPSA) is 63.5 Å². The molecular weight excluding hydrogens is 330 g/mol. The zero-order valence-corrected chi connectivity index (χ0v) is 15.6. The Balaban J connectivity index is 1.74. The maximum Gasteiger partial charge on any atom is 0.228 e. The van der Waals surface area contributed by atoms with Gasteiger partial charge in [-0.1, -0.05) is 26.0 Å². The van der Waals surface area contributed by atoms with Gasteiger partial charge in [-0.2, -0.15) is 0 Å². The van der Waals surface area contributed by atoms with Gasteiger partial charge in [0.15, 0.2) is 0 Å². The Morgan fingerprint density at radius 2 is 1.92 bits per heavy atom. The van der Waals surface area contributed by atoms with Crippen molar-refractivity contribution in [2.24, 2.45) is 5.41 Å². The molecule has 3 heterocycles. The third-order valence-corrected chi connectivity index (χ3v) is 4.93. The largest absolute Gasteiger partial charge is 0.378 e. The lowest BCUT2D eigenvalue weighted by atomic mass is 9.94. The molecule has 4 rings (SSSR count). The summed E-state index contributed by atoms with van der Waals surface area (Å²) in [5, 5.41) is 8.31. The first-order chi connectivity index (χ1) is 12.4. The van der Waals surface area contributed by atoms with Crippen LogP contribution in [0.2, 0.25) is 0 Å². The first-order valence-electron chi connectivity index (χ1n) is 9.08. The molecule has 0 radical (unpaired) electrons. The van der Waals surface area contributed by atoms with Gasteiger partial charge >= 0.3 is 0 Å². The zero-order valence-electron chi connectivity index (χ0n) is 15.6. The molecule has 0 N–H and O–H groups in total. The molecule has 1 saturated heterocycles. The number of ether oxygens (including phenoxy) is 1. The third kappa shape index (κ3) is 3.07.